The topological polar surface area (TPSA) is 84.3 Å². The van der Waals surface area contributed by atoms with Crippen molar-refractivity contribution in [3.05, 3.63) is 107 Å². The van der Waals surface area contributed by atoms with Crippen molar-refractivity contribution in [2.45, 2.75) is 18.5 Å². The highest BCUT2D eigenvalue weighted by molar-refractivity contribution is 5.71. The predicted molar refractivity (Wildman–Crippen MR) is 123 cm³/mol. The predicted octanol–water partition coefficient (Wildman–Crippen LogP) is 3.37. The quantitative estimate of drug-likeness (QED) is 0.628. The van der Waals surface area contributed by atoms with Gasteiger partial charge in [0.1, 0.15) is 6.33 Å². The van der Waals surface area contributed by atoms with Gasteiger partial charge in [0, 0.05) is 13.0 Å². The first-order valence-corrected chi connectivity index (χ1v) is 10.6. The van der Waals surface area contributed by atoms with Crippen LogP contribution in [-0.4, -0.2) is 27.7 Å². The molecule has 2 heterocycles. The van der Waals surface area contributed by atoms with Gasteiger partial charge < -0.3 is 15.2 Å². The maximum absolute atomic E-state index is 13.5. The average Bonchev–Trinajstić information content (AvgIpc) is 3.49. The Bertz CT molecular complexity index is 1320. The minimum absolute atomic E-state index is 0.00387. The largest absolute Gasteiger partial charge is 0.454 e. The van der Waals surface area contributed by atoms with Crippen molar-refractivity contribution < 1.29 is 13.9 Å². The molecule has 1 aliphatic heterocycles. The molecule has 1 aliphatic carbocycles. The van der Waals surface area contributed by atoms with E-state index in [0.29, 0.717) is 24.2 Å². The lowest BCUT2D eigenvalue weighted by Gasteiger charge is -2.35. The number of fused-ring (bicyclic) bond motifs is 1. The van der Waals surface area contributed by atoms with E-state index in [2.05, 4.69) is 5.10 Å². The van der Waals surface area contributed by atoms with Gasteiger partial charge in [0.2, 0.25) is 6.79 Å². The van der Waals surface area contributed by atoms with Crippen LogP contribution in [0.4, 0.5) is 4.39 Å². The summed E-state index contributed by atoms with van der Waals surface area (Å²) in [6.07, 6.45) is 8.43. The zero-order chi connectivity index (χ0) is 22.8. The van der Waals surface area contributed by atoms with Crippen LogP contribution in [0.1, 0.15) is 17.5 Å². The number of ether oxygens (including phenoxy) is 2. The highest BCUT2D eigenvalue weighted by Crippen LogP contribution is 2.43. The van der Waals surface area contributed by atoms with E-state index in [0.717, 1.165) is 16.7 Å². The van der Waals surface area contributed by atoms with Gasteiger partial charge in [0.05, 0.1) is 18.4 Å². The van der Waals surface area contributed by atoms with Gasteiger partial charge in [0.15, 0.2) is 11.5 Å². The van der Waals surface area contributed by atoms with Gasteiger partial charge in [-0.05, 0) is 34.4 Å². The summed E-state index contributed by atoms with van der Waals surface area (Å²) >= 11 is 0. The molecular formula is C25H23FN4O3. The van der Waals surface area contributed by atoms with Crippen LogP contribution < -0.4 is 20.9 Å². The van der Waals surface area contributed by atoms with Gasteiger partial charge in [0.25, 0.3) is 0 Å². The number of halogens is 1. The fraction of sp³-hybridized carbons (Fsp3) is 0.200. The maximum Gasteiger partial charge on any atom is 0.347 e. The molecule has 33 heavy (non-hydrogen) atoms. The number of aromatic nitrogens is 3. The molecule has 0 amide bonds. The normalized spacial score (nSPS) is 19.6. The maximum atomic E-state index is 13.5. The monoisotopic (exact) mass is 446 g/mol. The van der Waals surface area contributed by atoms with Crippen LogP contribution in [0.5, 0.6) is 11.5 Å². The average molecular weight is 446 g/mol. The molecule has 7 nitrogen and oxygen atoms in total. The zero-order valence-electron chi connectivity index (χ0n) is 17.9. The molecule has 8 heteroatoms. The molecule has 0 spiro atoms. The second kappa shape index (κ2) is 8.55. The van der Waals surface area contributed by atoms with Gasteiger partial charge >= 0.3 is 5.69 Å². The fourth-order valence-corrected chi connectivity index (χ4v) is 4.31. The lowest BCUT2D eigenvalue weighted by Crippen LogP contribution is -2.42. The van der Waals surface area contributed by atoms with Gasteiger partial charge in [-0.2, -0.15) is 5.10 Å². The Morgan fingerprint density at radius 3 is 2.79 bits per heavy atom. The Labute approximate surface area is 189 Å². The molecule has 168 valence electrons. The first-order chi connectivity index (χ1) is 16.1. The van der Waals surface area contributed by atoms with Crippen LogP contribution >= 0.6 is 0 Å². The van der Waals surface area contributed by atoms with Crippen molar-refractivity contribution in [3.63, 3.8) is 0 Å². The number of allylic oxidation sites excluding steroid dienone is 4. The van der Waals surface area contributed by atoms with Crippen LogP contribution in [0.15, 0.2) is 89.8 Å². The third-order valence-electron chi connectivity index (χ3n) is 6.08. The van der Waals surface area contributed by atoms with Crippen molar-refractivity contribution in [1.29, 1.82) is 0 Å². The van der Waals surface area contributed by atoms with Crippen LogP contribution in [0.3, 0.4) is 0 Å². The molecular weight excluding hydrogens is 423 g/mol. The third-order valence-corrected chi connectivity index (χ3v) is 6.08. The number of benzene rings is 2. The van der Waals surface area contributed by atoms with Gasteiger partial charge in [-0.15, -0.1) is 0 Å². The fourth-order valence-electron chi connectivity index (χ4n) is 4.31. The second-order valence-electron chi connectivity index (χ2n) is 8.00. The summed E-state index contributed by atoms with van der Waals surface area (Å²) in [6.45, 7) is 0.150. The lowest BCUT2D eigenvalue weighted by molar-refractivity contribution is 0.174. The standard InChI is InChI=1S/C25H23FN4O3/c26-13-18(14-27)15-30-24(31)29(16-28-30)25(21-8-9-22-23(11-21)33-17-32-22)10-4-7-20(12-25)19-5-2-1-3-6-19/h1-11,13,16H,12,14-15,17,27H2/b18-13+. The van der Waals surface area contributed by atoms with Crippen LogP contribution in [0.25, 0.3) is 5.57 Å². The number of hydrogen-bond donors (Lipinski definition) is 1. The number of nitrogens with two attached hydrogens (primary N) is 1. The first kappa shape index (κ1) is 21.0. The first-order valence-electron chi connectivity index (χ1n) is 10.6. The molecule has 0 saturated heterocycles. The van der Waals surface area contributed by atoms with E-state index in [1.54, 1.807) is 4.57 Å². The molecule has 3 aromatic rings. The van der Waals surface area contributed by atoms with Crippen LogP contribution in [0.2, 0.25) is 0 Å². The smallest absolute Gasteiger partial charge is 0.347 e. The van der Waals surface area contributed by atoms with E-state index in [4.69, 9.17) is 15.2 Å². The van der Waals surface area contributed by atoms with Crippen LogP contribution in [-0.2, 0) is 12.1 Å². The van der Waals surface area contributed by atoms with E-state index in [1.165, 1.54) is 11.0 Å². The summed E-state index contributed by atoms with van der Waals surface area (Å²) < 4.78 is 27.0. The Morgan fingerprint density at radius 2 is 2.00 bits per heavy atom. The van der Waals surface area contributed by atoms with Crippen molar-refractivity contribution in [2.75, 3.05) is 13.3 Å². The van der Waals surface area contributed by atoms with E-state index in [-0.39, 0.29) is 31.1 Å². The van der Waals surface area contributed by atoms with E-state index in [1.807, 2.05) is 66.8 Å². The SMILES string of the molecule is NC/C(=C\F)Cn1ncn(C2(c3ccc4c(c3)OCO4)C=CC=C(c3ccccc3)C2)c1=O. The van der Waals surface area contributed by atoms with Crippen LogP contribution in [0, 0.1) is 0 Å². The van der Waals surface area contributed by atoms with E-state index >= 15 is 0 Å². The number of nitrogens with zero attached hydrogens (tertiary/aromatic N) is 3. The summed E-state index contributed by atoms with van der Waals surface area (Å²) in [5.41, 5.74) is 7.63. The molecule has 1 aromatic heterocycles. The van der Waals surface area contributed by atoms with E-state index in [9.17, 15) is 9.18 Å². The Hall–Kier alpha value is -3.91. The summed E-state index contributed by atoms with van der Waals surface area (Å²) in [4.78, 5) is 13.5. The summed E-state index contributed by atoms with van der Waals surface area (Å²) in [5, 5.41) is 4.26. The minimum atomic E-state index is -0.863. The van der Waals surface area contributed by atoms with Gasteiger partial charge in [-0.25, -0.2) is 13.9 Å². The Morgan fingerprint density at radius 1 is 1.18 bits per heavy atom. The summed E-state index contributed by atoms with van der Waals surface area (Å²) in [5.74, 6) is 1.29. The molecule has 1 atom stereocenters. The molecule has 2 N–H and O–H groups in total. The molecule has 5 rings (SSSR count). The third kappa shape index (κ3) is 3.68. The molecule has 1 unspecified atom stereocenters. The van der Waals surface area contributed by atoms with Gasteiger partial charge in [-0.1, -0.05) is 54.6 Å². The summed E-state index contributed by atoms with van der Waals surface area (Å²) in [7, 11) is 0. The summed E-state index contributed by atoms with van der Waals surface area (Å²) in [6, 6.07) is 15.7. The molecule has 0 fully saturated rings. The highest BCUT2D eigenvalue weighted by atomic mass is 19.1. The zero-order valence-corrected chi connectivity index (χ0v) is 17.9. The second-order valence-corrected chi connectivity index (χ2v) is 8.00. The van der Waals surface area contributed by atoms with Crippen molar-refractivity contribution in [3.8, 4) is 11.5 Å². The van der Waals surface area contributed by atoms with E-state index < -0.39 is 5.54 Å². The minimum Gasteiger partial charge on any atom is -0.454 e. The number of rotatable bonds is 6. The van der Waals surface area contributed by atoms with Crippen molar-refractivity contribution in [2.24, 2.45) is 5.73 Å². The molecule has 2 aromatic carbocycles. The highest BCUT2D eigenvalue weighted by Gasteiger charge is 2.38. The number of hydrogen-bond acceptors (Lipinski definition) is 5. The molecule has 0 bridgehead atoms. The van der Waals surface area contributed by atoms with Gasteiger partial charge in [-0.3, -0.25) is 4.57 Å². The Balaban J connectivity index is 1.64. The molecule has 2 aliphatic rings. The Kier molecular flexibility index (Phi) is 5.43. The molecule has 0 saturated carbocycles. The lowest BCUT2D eigenvalue weighted by atomic mass is 9.78. The van der Waals surface area contributed by atoms with Crippen molar-refractivity contribution >= 4 is 5.57 Å². The molecule has 0 radical (unpaired) electrons. The van der Waals surface area contributed by atoms with Crippen molar-refractivity contribution in [1.82, 2.24) is 14.3 Å².